The molecule has 0 unspecified atom stereocenters. The molecule has 11 heavy (non-hydrogen) atoms. The Balaban J connectivity index is 0.000000281. The average Bonchev–Trinajstić information content (AvgIpc) is 2.66. The summed E-state index contributed by atoms with van der Waals surface area (Å²) in [5, 5.41) is 24.3. The summed E-state index contributed by atoms with van der Waals surface area (Å²) in [7, 11) is 1.00. The minimum absolute atomic E-state index is 0.630. The van der Waals surface area contributed by atoms with E-state index in [1.54, 1.807) is 6.07 Å². The minimum atomic E-state index is -1.30. The maximum Gasteiger partial charge on any atom is 0.179 e. The van der Waals surface area contributed by atoms with Crippen LogP contribution in [0.2, 0.25) is 0 Å². The second-order valence-electron chi connectivity index (χ2n) is 2.18. The number of fused-ring (bicyclic) bond motifs is 1. The van der Waals surface area contributed by atoms with Gasteiger partial charge in [-0.15, -0.1) is 0 Å². The molecule has 60 valence electrons. The molecule has 0 aromatic heterocycles. The van der Waals surface area contributed by atoms with E-state index in [-0.39, 0.29) is 0 Å². The zero-order valence-corrected chi connectivity index (χ0v) is 6.15. The molecule has 2 aliphatic carbocycles. The number of aliphatic hydroxyl groups is 3. The molecule has 0 heterocycles. The first-order valence-corrected chi connectivity index (χ1v) is 3.24. The highest BCUT2D eigenvalue weighted by Crippen LogP contribution is 2.40. The van der Waals surface area contributed by atoms with Crippen LogP contribution in [0.5, 0.6) is 0 Å². The van der Waals surface area contributed by atoms with E-state index in [1.807, 2.05) is 12.1 Å². The first-order chi connectivity index (χ1) is 5.29. The molecule has 0 amide bonds. The predicted molar refractivity (Wildman–Crippen MR) is 40.8 cm³/mol. The van der Waals surface area contributed by atoms with Crippen molar-refractivity contribution in [2.45, 2.75) is 6.29 Å². The lowest BCUT2D eigenvalue weighted by molar-refractivity contribution is -0.0416. The Kier molecular flexibility index (Phi) is 2.24. The van der Waals surface area contributed by atoms with Gasteiger partial charge in [0.15, 0.2) is 6.29 Å². The average molecular weight is 154 g/mol. The third kappa shape index (κ3) is 1.40. The third-order valence-corrected chi connectivity index (χ3v) is 1.56. The van der Waals surface area contributed by atoms with Crippen LogP contribution in [0, 0.1) is 0 Å². The molecule has 0 saturated carbocycles. The fourth-order valence-corrected chi connectivity index (χ4v) is 1.00. The van der Waals surface area contributed by atoms with Crippen molar-refractivity contribution in [3.05, 3.63) is 23.8 Å². The van der Waals surface area contributed by atoms with Gasteiger partial charge in [0, 0.05) is 12.7 Å². The van der Waals surface area contributed by atoms with Gasteiger partial charge < -0.3 is 15.3 Å². The molecule has 0 aromatic rings. The molecule has 3 heteroatoms. The maximum atomic E-state index is 8.66. The second kappa shape index (κ2) is 3.00. The van der Waals surface area contributed by atoms with Gasteiger partial charge in [0.25, 0.3) is 0 Å². The summed E-state index contributed by atoms with van der Waals surface area (Å²) in [6.07, 6.45) is -1.30. The van der Waals surface area contributed by atoms with Crippen LogP contribution in [0.25, 0.3) is 11.1 Å². The van der Waals surface area contributed by atoms with Crippen LogP contribution in [0.15, 0.2) is 18.2 Å². The lowest BCUT2D eigenvalue weighted by Crippen LogP contribution is -1.90. The molecule has 0 aliphatic heterocycles. The fourth-order valence-electron chi connectivity index (χ4n) is 1.00. The monoisotopic (exact) mass is 154 g/mol. The van der Waals surface area contributed by atoms with Crippen molar-refractivity contribution >= 4 is 0 Å². The smallest absolute Gasteiger partial charge is 0.179 e. The van der Waals surface area contributed by atoms with Crippen LogP contribution >= 0.6 is 0 Å². The van der Waals surface area contributed by atoms with E-state index in [4.69, 9.17) is 15.3 Å². The van der Waals surface area contributed by atoms with Crippen molar-refractivity contribution in [1.82, 2.24) is 0 Å². The molecule has 0 bridgehead atoms. The van der Waals surface area contributed by atoms with E-state index in [1.165, 1.54) is 0 Å². The van der Waals surface area contributed by atoms with Gasteiger partial charge in [-0.3, -0.25) is 0 Å². The largest absolute Gasteiger partial charge is 0.400 e. The van der Waals surface area contributed by atoms with Crippen molar-refractivity contribution in [3.8, 4) is 11.1 Å². The Labute approximate surface area is 64.5 Å². The molecule has 0 saturated heterocycles. The van der Waals surface area contributed by atoms with Crippen LogP contribution in [0.1, 0.15) is 11.9 Å². The quantitative estimate of drug-likeness (QED) is 0.516. The van der Waals surface area contributed by atoms with E-state index in [2.05, 4.69) is 0 Å². The standard InChI is InChI=1S/C7H6O2.CH4O/c8-7(9)5-2-1-4-3-6(4)5;1-2/h1-3,7-9H;2H,1H3. The Bertz CT molecular complexity index is 256. The van der Waals surface area contributed by atoms with Crippen molar-refractivity contribution in [1.29, 1.82) is 0 Å². The summed E-state index contributed by atoms with van der Waals surface area (Å²) in [4.78, 5) is 0. The Morgan fingerprint density at radius 1 is 1.18 bits per heavy atom. The van der Waals surface area contributed by atoms with E-state index in [9.17, 15) is 0 Å². The maximum absolute atomic E-state index is 8.66. The Hall–Kier alpha value is -0.900. The van der Waals surface area contributed by atoms with E-state index < -0.39 is 6.29 Å². The highest BCUT2D eigenvalue weighted by atomic mass is 16.5. The van der Waals surface area contributed by atoms with Crippen LogP contribution in [0.3, 0.4) is 0 Å². The van der Waals surface area contributed by atoms with Gasteiger partial charge in [0.05, 0.1) is 0 Å². The molecule has 0 radical (unpaired) electrons. The van der Waals surface area contributed by atoms with E-state index in [0.717, 1.165) is 18.2 Å². The van der Waals surface area contributed by atoms with Gasteiger partial charge in [0.2, 0.25) is 0 Å². The van der Waals surface area contributed by atoms with Crippen LogP contribution in [-0.2, 0) is 0 Å². The van der Waals surface area contributed by atoms with Gasteiger partial charge in [-0.25, -0.2) is 0 Å². The van der Waals surface area contributed by atoms with Crippen LogP contribution in [0.4, 0.5) is 0 Å². The lowest BCUT2D eigenvalue weighted by atomic mass is 10.3. The summed E-state index contributed by atoms with van der Waals surface area (Å²) in [5.41, 5.74) is 2.77. The topological polar surface area (TPSA) is 60.7 Å². The van der Waals surface area contributed by atoms with Crippen LogP contribution < -0.4 is 0 Å². The minimum Gasteiger partial charge on any atom is -0.400 e. The van der Waals surface area contributed by atoms with Crippen LogP contribution in [-0.4, -0.2) is 22.4 Å². The number of hydrogen-bond acceptors (Lipinski definition) is 3. The molecule has 3 nitrogen and oxygen atoms in total. The molecule has 0 atom stereocenters. The molecule has 0 spiro atoms. The Morgan fingerprint density at radius 3 is 2.00 bits per heavy atom. The number of benzene rings is 1. The molecule has 0 aromatic carbocycles. The summed E-state index contributed by atoms with van der Waals surface area (Å²) < 4.78 is 0. The van der Waals surface area contributed by atoms with Crippen molar-refractivity contribution < 1.29 is 15.3 Å². The summed E-state index contributed by atoms with van der Waals surface area (Å²) in [6, 6.07) is 5.54. The number of rotatable bonds is 1. The predicted octanol–water partition coefficient (Wildman–Crippen LogP) is 0.259. The first kappa shape index (κ1) is 8.20. The molecule has 2 rings (SSSR count). The van der Waals surface area contributed by atoms with Crippen molar-refractivity contribution in [2.24, 2.45) is 0 Å². The molecule has 0 fully saturated rings. The van der Waals surface area contributed by atoms with E-state index in [0.29, 0.717) is 5.56 Å². The highest BCUT2D eigenvalue weighted by Gasteiger charge is 2.20. The molecular formula is C8H10O3. The van der Waals surface area contributed by atoms with E-state index >= 15 is 0 Å². The number of hydrogen-bond donors (Lipinski definition) is 3. The SMILES string of the molecule is CO.OC(O)c1ccc2cc1-2. The fraction of sp³-hybridized carbons (Fsp3) is 0.250. The second-order valence-corrected chi connectivity index (χ2v) is 2.18. The van der Waals surface area contributed by atoms with Gasteiger partial charge in [-0.1, -0.05) is 12.1 Å². The molecule has 3 N–H and O–H groups in total. The normalized spacial score (nSPS) is 10.6. The lowest BCUT2D eigenvalue weighted by Gasteiger charge is -1.96. The summed E-state index contributed by atoms with van der Waals surface area (Å²) >= 11 is 0. The van der Waals surface area contributed by atoms with Crippen molar-refractivity contribution in [2.75, 3.05) is 7.11 Å². The highest BCUT2D eigenvalue weighted by molar-refractivity contribution is 5.84. The Morgan fingerprint density at radius 2 is 1.82 bits per heavy atom. The van der Waals surface area contributed by atoms with Gasteiger partial charge >= 0.3 is 0 Å². The summed E-state index contributed by atoms with van der Waals surface area (Å²) in [5.74, 6) is 0. The van der Waals surface area contributed by atoms with Crippen molar-refractivity contribution in [3.63, 3.8) is 0 Å². The van der Waals surface area contributed by atoms with Gasteiger partial charge in [-0.2, -0.15) is 0 Å². The zero-order chi connectivity index (χ0) is 8.43. The number of aliphatic hydroxyl groups excluding tert-OH is 2. The molecular weight excluding hydrogens is 144 g/mol. The third-order valence-electron chi connectivity index (χ3n) is 1.56. The molecule has 2 aliphatic rings. The summed E-state index contributed by atoms with van der Waals surface area (Å²) in [6.45, 7) is 0. The first-order valence-electron chi connectivity index (χ1n) is 3.24. The van der Waals surface area contributed by atoms with Gasteiger partial charge in [0.1, 0.15) is 0 Å². The zero-order valence-electron chi connectivity index (χ0n) is 6.15. The van der Waals surface area contributed by atoms with Gasteiger partial charge in [-0.05, 0) is 17.2 Å².